The lowest BCUT2D eigenvalue weighted by atomic mass is 9.87. The summed E-state index contributed by atoms with van der Waals surface area (Å²) >= 11 is 0. The Balaban J connectivity index is 7.23. The van der Waals surface area contributed by atoms with Crippen LogP contribution in [0, 0.1) is 0 Å². The van der Waals surface area contributed by atoms with Crippen molar-refractivity contribution in [3.8, 4) is 0 Å². The first kappa shape index (κ1) is 84.4. The highest BCUT2D eigenvalue weighted by atomic mass is 19.5. The van der Waals surface area contributed by atoms with Gasteiger partial charge in [0.1, 0.15) is 0 Å². The van der Waals surface area contributed by atoms with Crippen molar-refractivity contribution >= 4 is 0 Å². The van der Waals surface area contributed by atoms with Gasteiger partial charge in [0, 0.05) is 19.3 Å². The number of hydrogen-bond acceptors (Lipinski definition) is 1. The van der Waals surface area contributed by atoms with Crippen LogP contribution in [0.1, 0.15) is 57.8 Å². The molecule has 0 unspecified atom stereocenters. The van der Waals surface area contributed by atoms with Crippen LogP contribution in [-0.2, 0) is 0 Å². The fourth-order valence-corrected chi connectivity index (χ4v) is 6.44. The van der Waals surface area contributed by atoms with Crippen LogP contribution in [0.5, 0.6) is 0 Å². The first-order valence-corrected chi connectivity index (χ1v) is 21.4. The zero-order valence-corrected chi connectivity index (χ0v) is 40.2. The average Bonchev–Trinajstić information content (AvgIpc) is 3.30. The third-order valence-corrected chi connectivity index (χ3v) is 12.0. The second-order valence-electron chi connectivity index (χ2n) is 18.2. The van der Waals surface area contributed by atoms with Gasteiger partial charge in [0.2, 0.25) is 0 Å². The first-order valence-electron chi connectivity index (χ1n) is 21.4. The lowest BCUT2D eigenvalue weighted by Gasteiger charge is -2.43. The molecule has 0 bridgehead atoms. The number of rotatable bonds is 33. The van der Waals surface area contributed by atoms with Gasteiger partial charge in [-0.1, -0.05) is 0 Å². The maximum Gasteiger partial charge on any atom is 0.460 e. The maximum atomic E-state index is 14.4. The highest BCUT2D eigenvalue weighted by Gasteiger charge is 2.98. The predicted molar refractivity (Wildman–Crippen MR) is 180 cm³/mol. The summed E-state index contributed by atoms with van der Waals surface area (Å²) in [5, 5.41) is 0. The second-order valence-corrected chi connectivity index (χ2v) is 18.2. The molecular formula is C36H24F51N. The van der Waals surface area contributed by atoms with Gasteiger partial charge in [0.25, 0.3) is 0 Å². The summed E-state index contributed by atoms with van der Waals surface area (Å²) in [6.45, 7) is -5.47. The Morgan fingerprint density at radius 2 is 0.250 bits per heavy atom. The number of alkyl halides is 51. The van der Waals surface area contributed by atoms with Crippen LogP contribution in [0.3, 0.4) is 0 Å². The van der Waals surface area contributed by atoms with Crippen molar-refractivity contribution in [1.82, 2.24) is 4.90 Å². The van der Waals surface area contributed by atoms with E-state index in [1.807, 2.05) is 0 Å². The van der Waals surface area contributed by atoms with E-state index < -0.39 is 220 Å². The van der Waals surface area contributed by atoms with Gasteiger partial charge >= 0.3 is 143 Å². The predicted octanol–water partition coefficient (Wildman–Crippen LogP) is 19.8. The van der Waals surface area contributed by atoms with Crippen molar-refractivity contribution in [1.29, 1.82) is 0 Å². The molecule has 0 fully saturated rings. The summed E-state index contributed by atoms with van der Waals surface area (Å²) < 4.78 is 694. The summed E-state index contributed by atoms with van der Waals surface area (Å²) in [6.07, 6.45) is -47.6. The van der Waals surface area contributed by atoms with E-state index in [2.05, 4.69) is 0 Å². The molecular weight excluding hydrogens is 1420 g/mol. The minimum absolute atomic E-state index is 0.201. The average molecular weight is 1440 g/mol. The molecule has 0 spiro atoms. The fourth-order valence-electron chi connectivity index (χ4n) is 6.44. The van der Waals surface area contributed by atoms with Gasteiger partial charge in [-0.05, 0) is 58.2 Å². The van der Waals surface area contributed by atoms with E-state index >= 15 is 0 Å². The van der Waals surface area contributed by atoms with Crippen molar-refractivity contribution in [3.63, 3.8) is 0 Å². The molecule has 0 aromatic carbocycles. The smallest absolute Gasteiger partial charge is 0.303 e. The van der Waals surface area contributed by atoms with Crippen LogP contribution in [-0.4, -0.2) is 167 Å². The Bertz CT molecular complexity index is 2050. The summed E-state index contributed by atoms with van der Waals surface area (Å²) in [4.78, 5) is -0.201. The van der Waals surface area contributed by atoms with Crippen LogP contribution in [0.4, 0.5) is 224 Å². The van der Waals surface area contributed by atoms with Crippen LogP contribution >= 0.6 is 0 Å². The highest BCUT2D eigenvalue weighted by Crippen LogP contribution is 2.68. The fraction of sp³-hybridized carbons (Fsp3) is 1.00. The number of unbranched alkanes of at least 4 members (excludes halogenated alkanes) is 3. The van der Waals surface area contributed by atoms with Crippen molar-refractivity contribution in [2.45, 2.75) is 201 Å². The normalized spacial score (nSPS) is 16.8. The summed E-state index contributed by atoms with van der Waals surface area (Å²) in [7, 11) is 0. The topological polar surface area (TPSA) is 3.24 Å². The molecule has 0 atom stereocenters. The van der Waals surface area contributed by atoms with E-state index in [1.165, 1.54) is 0 Å². The molecule has 0 N–H and O–H groups in total. The second kappa shape index (κ2) is 23.4. The maximum absolute atomic E-state index is 14.4. The lowest BCUT2D eigenvalue weighted by molar-refractivity contribution is -0.461. The Kier molecular flexibility index (Phi) is 22.5. The Morgan fingerprint density at radius 3 is 0.375 bits per heavy atom. The molecule has 0 amide bonds. The standard InChI is InChI=1S/C36H24F51N/c37-13(38,16(43,44)19(49,50)22(55,56)25(61,62)28(67,68)31(73,74)34(79,80)81)7-1-4-10-88(11-5-2-8-14(39,40)17(45,46)20(51,52)23(57,58)26(63,64)29(69,70)32(75,76)35(82,83)84)12-6-3-9-15(41,42)18(47,48)21(53,54)24(59,60)27(65,66)30(71,72)33(77,78)36(85,86)87/h1-12H2. The molecule has 1 nitrogen and oxygen atoms in total. The third-order valence-electron chi connectivity index (χ3n) is 12.0. The first-order chi connectivity index (χ1) is 37.5. The molecule has 0 aliphatic carbocycles. The van der Waals surface area contributed by atoms with E-state index in [0.29, 0.717) is 0 Å². The van der Waals surface area contributed by atoms with Crippen LogP contribution in [0.25, 0.3) is 0 Å². The molecule has 88 heavy (non-hydrogen) atoms. The zero-order chi connectivity index (χ0) is 72.1. The number of halogens is 51. The minimum atomic E-state index is -9.20. The van der Waals surface area contributed by atoms with E-state index in [4.69, 9.17) is 0 Å². The van der Waals surface area contributed by atoms with E-state index in [1.54, 1.807) is 0 Å². The molecule has 0 saturated carbocycles. The SMILES string of the molecule is FC(F)(F)C(F)(F)C(F)(F)C(F)(F)C(F)(F)C(F)(F)C(F)(F)C(F)(F)CCCCN(CCCCC(F)(F)C(F)(F)C(F)(F)C(F)(F)C(F)(F)C(F)(F)C(F)(F)C(F)(F)F)CCCCC(F)(F)C(F)(F)C(F)(F)C(F)(F)C(F)(F)C(F)(F)C(F)(F)C(F)(F)F. The summed E-state index contributed by atoms with van der Waals surface area (Å²) in [5.74, 6) is -182. The number of nitrogens with zero attached hydrogens (tertiary/aromatic N) is 1. The number of hydrogen-bond donors (Lipinski definition) is 0. The van der Waals surface area contributed by atoms with Crippen LogP contribution < -0.4 is 0 Å². The van der Waals surface area contributed by atoms with Gasteiger partial charge in [0.05, 0.1) is 0 Å². The van der Waals surface area contributed by atoms with E-state index in [9.17, 15) is 224 Å². The van der Waals surface area contributed by atoms with Crippen molar-refractivity contribution in [3.05, 3.63) is 0 Å². The Labute approximate surface area is 450 Å². The van der Waals surface area contributed by atoms with Gasteiger partial charge in [-0.25, -0.2) is 0 Å². The monoisotopic (exact) mass is 1440 g/mol. The molecule has 0 saturated heterocycles. The Morgan fingerprint density at radius 1 is 0.136 bits per heavy atom. The van der Waals surface area contributed by atoms with Gasteiger partial charge in [0.15, 0.2) is 0 Å². The van der Waals surface area contributed by atoms with E-state index in [-0.39, 0.29) is 4.90 Å². The summed E-state index contributed by atoms with van der Waals surface area (Å²) in [5.41, 5.74) is 0. The summed E-state index contributed by atoms with van der Waals surface area (Å²) in [6, 6.07) is 0. The van der Waals surface area contributed by atoms with Crippen molar-refractivity contribution in [2.75, 3.05) is 19.6 Å². The van der Waals surface area contributed by atoms with E-state index in [0.717, 1.165) is 0 Å². The molecule has 0 aliphatic heterocycles. The van der Waals surface area contributed by atoms with Gasteiger partial charge in [-0.15, -0.1) is 0 Å². The molecule has 0 radical (unpaired) electrons. The third kappa shape index (κ3) is 12.4. The largest absolute Gasteiger partial charge is 0.460 e. The quantitative estimate of drug-likeness (QED) is 0.0468. The van der Waals surface area contributed by atoms with Crippen LogP contribution in [0.15, 0.2) is 0 Å². The molecule has 0 rings (SSSR count). The molecule has 0 aromatic heterocycles. The molecule has 0 aromatic rings. The molecule has 52 heteroatoms. The zero-order valence-electron chi connectivity index (χ0n) is 40.2. The molecule has 530 valence electrons. The van der Waals surface area contributed by atoms with Gasteiger partial charge in [-0.3, -0.25) is 0 Å². The van der Waals surface area contributed by atoms with Crippen molar-refractivity contribution in [2.24, 2.45) is 0 Å². The van der Waals surface area contributed by atoms with Gasteiger partial charge in [-0.2, -0.15) is 224 Å². The van der Waals surface area contributed by atoms with Crippen LogP contribution in [0.2, 0.25) is 0 Å². The van der Waals surface area contributed by atoms with Crippen molar-refractivity contribution < 1.29 is 224 Å². The minimum Gasteiger partial charge on any atom is -0.303 e. The molecule has 0 aliphatic rings. The highest BCUT2D eigenvalue weighted by molar-refractivity contribution is 5.18. The molecule has 0 heterocycles. The lowest BCUT2D eigenvalue weighted by Crippen LogP contribution is -2.74. The van der Waals surface area contributed by atoms with Gasteiger partial charge < -0.3 is 4.90 Å². The Hall–Kier alpha value is -3.61.